The Morgan fingerprint density at radius 2 is 1.67 bits per heavy atom. The predicted molar refractivity (Wildman–Crippen MR) is 89.8 cm³/mol. The van der Waals surface area contributed by atoms with Crippen LogP contribution in [-0.2, 0) is 19.6 Å². The summed E-state index contributed by atoms with van der Waals surface area (Å²) >= 11 is 0. The second kappa shape index (κ2) is 8.25. The topological polar surface area (TPSA) is 104 Å². The highest BCUT2D eigenvalue weighted by Gasteiger charge is 2.18. The second-order valence-electron chi connectivity index (χ2n) is 5.96. The molecular formula is C16H23N3O4S. The molecule has 0 atom stereocenters. The highest BCUT2D eigenvalue weighted by atomic mass is 32.2. The van der Waals surface area contributed by atoms with Gasteiger partial charge in [-0.3, -0.25) is 9.59 Å². The summed E-state index contributed by atoms with van der Waals surface area (Å²) in [7, 11) is -3.74. The average molecular weight is 353 g/mol. The third-order valence-electron chi connectivity index (χ3n) is 3.92. The summed E-state index contributed by atoms with van der Waals surface area (Å²) in [6.07, 6.45) is 4.16. The summed E-state index contributed by atoms with van der Waals surface area (Å²) in [4.78, 5) is 23.5. The summed E-state index contributed by atoms with van der Waals surface area (Å²) in [5.74, 6) is -0.802. The number of aryl methyl sites for hydroxylation is 1. The van der Waals surface area contributed by atoms with Crippen molar-refractivity contribution in [1.29, 1.82) is 0 Å². The van der Waals surface area contributed by atoms with Gasteiger partial charge in [0.05, 0.1) is 18.0 Å². The number of sulfonamides is 1. The van der Waals surface area contributed by atoms with Crippen molar-refractivity contribution >= 4 is 21.8 Å². The zero-order valence-electron chi connectivity index (χ0n) is 13.7. The van der Waals surface area contributed by atoms with Gasteiger partial charge in [-0.15, -0.1) is 0 Å². The largest absolute Gasteiger partial charge is 0.352 e. The van der Waals surface area contributed by atoms with Gasteiger partial charge in [-0.05, 0) is 31.9 Å². The van der Waals surface area contributed by atoms with Crippen LogP contribution in [0.3, 0.4) is 0 Å². The molecule has 0 aliphatic heterocycles. The molecule has 0 spiro atoms. The molecule has 1 aliphatic rings. The van der Waals surface area contributed by atoms with Crippen LogP contribution in [0, 0.1) is 6.92 Å². The van der Waals surface area contributed by atoms with Crippen LogP contribution in [0.25, 0.3) is 0 Å². The van der Waals surface area contributed by atoms with Crippen LogP contribution in [-0.4, -0.2) is 39.4 Å². The van der Waals surface area contributed by atoms with Gasteiger partial charge >= 0.3 is 0 Å². The Morgan fingerprint density at radius 1 is 1.04 bits per heavy atom. The highest BCUT2D eigenvalue weighted by Crippen LogP contribution is 2.17. The van der Waals surface area contributed by atoms with Gasteiger partial charge in [0.2, 0.25) is 21.8 Å². The fourth-order valence-corrected chi connectivity index (χ4v) is 3.53. The molecule has 0 bridgehead atoms. The molecule has 1 aromatic carbocycles. The van der Waals surface area contributed by atoms with Crippen molar-refractivity contribution in [3.8, 4) is 0 Å². The third kappa shape index (κ3) is 5.61. The minimum atomic E-state index is -3.74. The maximum Gasteiger partial charge on any atom is 0.241 e. The Labute approximate surface area is 142 Å². The quantitative estimate of drug-likeness (QED) is 0.662. The van der Waals surface area contributed by atoms with Crippen LogP contribution in [0.15, 0.2) is 29.2 Å². The Hall–Kier alpha value is -1.93. The van der Waals surface area contributed by atoms with Gasteiger partial charge in [0, 0.05) is 6.04 Å². The van der Waals surface area contributed by atoms with E-state index in [1.807, 2.05) is 6.92 Å². The van der Waals surface area contributed by atoms with E-state index in [9.17, 15) is 18.0 Å². The maximum atomic E-state index is 12.0. The van der Waals surface area contributed by atoms with Gasteiger partial charge in [0.15, 0.2) is 0 Å². The molecule has 0 heterocycles. The summed E-state index contributed by atoms with van der Waals surface area (Å²) in [5, 5.41) is 5.26. The molecule has 3 N–H and O–H groups in total. The molecule has 24 heavy (non-hydrogen) atoms. The van der Waals surface area contributed by atoms with Crippen LogP contribution < -0.4 is 15.4 Å². The summed E-state index contributed by atoms with van der Waals surface area (Å²) in [6.45, 7) is 1.29. The first-order chi connectivity index (χ1) is 11.4. The first-order valence-corrected chi connectivity index (χ1v) is 9.47. The molecule has 2 rings (SSSR count). The monoisotopic (exact) mass is 353 g/mol. The van der Waals surface area contributed by atoms with Crippen LogP contribution >= 0.6 is 0 Å². The van der Waals surface area contributed by atoms with Gasteiger partial charge in [0.1, 0.15) is 0 Å². The van der Waals surface area contributed by atoms with E-state index < -0.39 is 22.5 Å². The summed E-state index contributed by atoms with van der Waals surface area (Å²) in [5.41, 5.74) is 0.944. The lowest BCUT2D eigenvalue weighted by molar-refractivity contribution is -0.125. The molecule has 0 unspecified atom stereocenters. The van der Waals surface area contributed by atoms with Crippen molar-refractivity contribution in [3.63, 3.8) is 0 Å². The normalized spacial score (nSPS) is 15.2. The number of benzene rings is 1. The third-order valence-corrected chi connectivity index (χ3v) is 5.34. The van der Waals surface area contributed by atoms with E-state index in [0.717, 1.165) is 31.2 Å². The van der Waals surface area contributed by atoms with E-state index in [4.69, 9.17) is 0 Å². The fraction of sp³-hybridized carbons (Fsp3) is 0.500. The molecule has 1 aliphatic carbocycles. The molecule has 0 saturated heterocycles. The first kappa shape index (κ1) is 18.4. The van der Waals surface area contributed by atoms with Crippen molar-refractivity contribution in [2.24, 2.45) is 0 Å². The average Bonchev–Trinajstić information content (AvgIpc) is 3.04. The number of carbonyl (C=O) groups is 2. The maximum absolute atomic E-state index is 12.0. The van der Waals surface area contributed by atoms with E-state index in [-0.39, 0.29) is 23.4 Å². The van der Waals surface area contributed by atoms with E-state index in [1.165, 1.54) is 12.1 Å². The molecule has 1 aromatic rings. The van der Waals surface area contributed by atoms with Crippen LogP contribution in [0.2, 0.25) is 0 Å². The van der Waals surface area contributed by atoms with E-state index >= 15 is 0 Å². The van der Waals surface area contributed by atoms with E-state index in [2.05, 4.69) is 15.4 Å². The van der Waals surface area contributed by atoms with Crippen molar-refractivity contribution in [1.82, 2.24) is 15.4 Å². The number of rotatable bonds is 7. The standard InChI is InChI=1S/C16H23N3O4S/c1-12-6-8-14(9-7-12)24(22,23)18-11-15(20)17-10-16(21)19-13-4-2-3-5-13/h6-9,13,18H,2-5,10-11H2,1H3,(H,17,20)(H,19,21). The molecule has 8 heteroatoms. The lowest BCUT2D eigenvalue weighted by atomic mass is 10.2. The summed E-state index contributed by atoms with van der Waals surface area (Å²) < 4.78 is 26.3. The van der Waals surface area contributed by atoms with Crippen molar-refractivity contribution in [3.05, 3.63) is 29.8 Å². The van der Waals surface area contributed by atoms with Crippen LogP contribution in [0.1, 0.15) is 31.2 Å². The number of hydrogen-bond donors (Lipinski definition) is 3. The van der Waals surface area contributed by atoms with Crippen molar-refractivity contribution in [2.75, 3.05) is 13.1 Å². The number of amides is 2. The molecule has 132 valence electrons. The highest BCUT2D eigenvalue weighted by molar-refractivity contribution is 7.89. The second-order valence-corrected chi connectivity index (χ2v) is 7.73. The number of hydrogen-bond acceptors (Lipinski definition) is 4. The minimum absolute atomic E-state index is 0.0971. The SMILES string of the molecule is Cc1ccc(S(=O)(=O)NCC(=O)NCC(=O)NC2CCCC2)cc1. The molecule has 2 amide bonds. The Morgan fingerprint density at radius 3 is 2.29 bits per heavy atom. The fourth-order valence-electron chi connectivity index (χ4n) is 2.55. The first-order valence-electron chi connectivity index (χ1n) is 7.99. The predicted octanol–water partition coefficient (Wildman–Crippen LogP) is 0.448. The van der Waals surface area contributed by atoms with Crippen LogP contribution in [0.4, 0.5) is 0 Å². The Balaban J connectivity index is 1.73. The van der Waals surface area contributed by atoms with Gasteiger partial charge in [0.25, 0.3) is 0 Å². The lowest BCUT2D eigenvalue weighted by Gasteiger charge is -2.12. The smallest absolute Gasteiger partial charge is 0.241 e. The molecular weight excluding hydrogens is 330 g/mol. The summed E-state index contributed by atoms with van der Waals surface area (Å²) in [6, 6.07) is 6.51. The lowest BCUT2D eigenvalue weighted by Crippen LogP contribution is -2.44. The molecule has 1 fully saturated rings. The molecule has 1 saturated carbocycles. The zero-order valence-corrected chi connectivity index (χ0v) is 14.5. The Bertz CT molecular complexity index is 680. The number of nitrogens with one attached hydrogen (secondary N) is 3. The molecule has 0 radical (unpaired) electrons. The van der Waals surface area contributed by atoms with Gasteiger partial charge in [-0.25, -0.2) is 13.1 Å². The van der Waals surface area contributed by atoms with E-state index in [0.29, 0.717) is 0 Å². The minimum Gasteiger partial charge on any atom is -0.352 e. The van der Waals surface area contributed by atoms with Gasteiger partial charge in [-0.1, -0.05) is 30.5 Å². The van der Waals surface area contributed by atoms with Crippen molar-refractivity contribution < 1.29 is 18.0 Å². The van der Waals surface area contributed by atoms with Crippen LogP contribution in [0.5, 0.6) is 0 Å². The molecule has 0 aromatic heterocycles. The van der Waals surface area contributed by atoms with Crippen molar-refractivity contribution in [2.45, 2.75) is 43.5 Å². The zero-order chi connectivity index (χ0) is 17.6. The van der Waals surface area contributed by atoms with Gasteiger partial charge in [-0.2, -0.15) is 0 Å². The van der Waals surface area contributed by atoms with Gasteiger partial charge < -0.3 is 10.6 Å². The Kier molecular flexibility index (Phi) is 6.33. The molecule has 7 nitrogen and oxygen atoms in total. The van der Waals surface area contributed by atoms with E-state index in [1.54, 1.807) is 12.1 Å². The number of carbonyl (C=O) groups excluding carboxylic acids is 2.